The van der Waals surface area contributed by atoms with Gasteiger partial charge in [0.05, 0.1) is 17.8 Å². The first-order chi connectivity index (χ1) is 12.3. The van der Waals surface area contributed by atoms with E-state index in [2.05, 4.69) is 19.0 Å². The zero-order valence-electron chi connectivity index (χ0n) is 13.6. The summed E-state index contributed by atoms with van der Waals surface area (Å²) >= 11 is 1.15. The maximum Gasteiger partial charge on any atom is 0.251 e. The van der Waals surface area contributed by atoms with Crippen molar-refractivity contribution >= 4 is 28.7 Å². The van der Waals surface area contributed by atoms with E-state index in [0.29, 0.717) is 11.5 Å². The van der Waals surface area contributed by atoms with Crippen LogP contribution in [0.3, 0.4) is 0 Å². The molecule has 0 aliphatic carbocycles. The number of hydrogen-bond donors (Lipinski definition) is 1. The Hall–Kier alpha value is -2.38. The Morgan fingerprint density at radius 3 is 2.84 bits per heavy atom. The number of carbonyl (C=O) groups is 1. The van der Waals surface area contributed by atoms with Gasteiger partial charge in [0, 0.05) is 31.2 Å². The molecular weight excluding hydrogens is 336 g/mol. The van der Waals surface area contributed by atoms with E-state index in [1.165, 1.54) is 0 Å². The lowest BCUT2D eigenvalue weighted by Crippen LogP contribution is -2.36. The maximum absolute atomic E-state index is 12.8. The van der Waals surface area contributed by atoms with Crippen molar-refractivity contribution in [2.45, 2.75) is 18.9 Å². The van der Waals surface area contributed by atoms with Gasteiger partial charge in [0.2, 0.25) is 0 Å². The Morgan fingerprint density at radius 1 is 1.20 bits per heavy atom. The molecule has 1 N–H and O–H groups in total. The van der Waals surface area contributed by atoms with E-state index < -0.39 is 0 Å². The van der Waals surface area contributed by atoms with E-state index >= 15 is 0 Å². The minimum atomic E-state index is -0.102. The van der Waals surface area contributed by atoms with Crippen molar-refractivity contribution in [3.8, 4) is 0 Å². The molecule has 3 aromatic rings. The van der Waals surface area contributed by atoms with Crippen molar-refractivity contribution in [1.82, 2.24) is 19.0 Å². The van der Waals surface area contributed by atoms with Gasteiger partial charge in [-0.1, -0.05) is 6.07 Å². The van der Waals surface area contributed by atoms with Crippen LogP contribution in [0.4, 0.5) is 0 Å². The Labute approximate surface area is 149 Å². The summed E-state index contributed by atoms with van der Waals surface area (Å²) in [6, 6.07) is 9.26. The molecule has 3 heterocycles. The number of hydrogen-bond acceptors (Lipinski definition) is 6. The van der Waals surface area contributed by atoms with E-state index in [9.17, 15) is 4.79 Å². The quantitative estimate of drug-likeness (QED) is 0.779. The zero-order chi connectivity index (χ0) is 17.1. The van der Waals surface area contributed by atoms with Crippen LogP contribution in [0, 0.1) is 5.92 Å². The molecule has 1 aliphatic rings. The molecule has 0 radical (unpaired) electrons. The van der Waals surface area contributed by atoms with Crippen molar-refractivity contribution < 1.29 is 9.53 Å². The molecule has 0 spiro atoms. The normalized spacial score (nSPS) is 16.6. The number of benzene rings is 1. The number of fused-ring (bicyclic) bond motifs is 1. The van der Waals surface area contributed by atoms with Crippen molar-refractivity contribution in [1.29, 1.82) is 0 Å². The summed E-state index contributed by atoms with van der Waals surface area (Å²) in [6.07, 6.45) is 5.42. The summed E-state index contributed by atoms with van der Waals surface area (Å²) in [5.41, 5.74) is 3.19. The largest absolute Gasteiger partial charge is 0.381 e. The van der Waals surface area contributed by atoms with Crippen LogP contribution in [0.15, 0.2) is 42.7 Å². The number of rotatable bonds is 4. The van der Waals surface area contributed by atoms with Crippen LogP contribution in [0.2, 0.25) is 0 Å². The lowest BCUT2D eigenvalue weighted by Gasteiger charge is -2.31. The van der Waals surface area contributed by atoms with E-state index in [1.54, 1.807) is 18.3 Å². The van der Waals surface area contributed by atoms with Gasteiger partial charge in [-0.05, 0) is 48.6 Å². The summed E-state index contributed by atoms with van der Waals surface area (Å²) < 4.78 is 13.9. The van der Waals surface area contributed by atoms with E-state index in [1.807, 2.05) is 24.4 Å². The summed E-state index contributed by atoms with van der Waals surface area (Å²) in [5.74, 6) is 0.238. The van der Waals surface area contributed by atoms with Gasteiger partial charge in [0.15, 0.2) is 0 Å². The highest BCUT2D eigenvalue weighted by molar-refractivity contribution is 7.00. The van der Waals surface area contributed by atoms with E-state index in [4.69, 9.17) is 4.74 Å². The SMILES string of the molecule is O=C(N[C@H](c1cccnc1)C1CCOCC1)c1ccc2nsnc2c1. The van der Waals surface area contributed by atoms with Gasteiger partial charge in [-0.15, -0.1) is 0 Å². The molecule has 25 heavy (non-hydrogen) atoms. The van der Waals surface area contributed by atoms with Crippen molar-refractivity contribution in [2.75, 3.05) is 13.2 Å². The minimum Gasteiger partial charge on any atom is -0.381 e. The molecule has 1 saturated heterocycles. The predicted molar refractivity (Wildman–Crippen MR) is 95.4 cm³/mol. The topological polar surface area (TPSA) is 77.0 Å². The smallest absolute Gasteiger partial charge is 0.251 e. The van der Waals surface area contributed by atoms with Crippen LogP contribution in [0.25, 0.3) is 11.0 Å². The fourth-order valence-electron chi connectivity index (χ4n) is 3.23. The van der Waals surface area contributed by atoms with Gasteiger partial charge in [0.25, 0.3) is 5.91 Å². The Balaban J connectivity index is 1.59. The molecule has 1 fully saturated rings. The van der Waals surface area contributed by atoms with Gasteiger partial charge in [-0.3, -0.25) is 9.78 Å². The standard InChI is InChI=1S/C18H18N4O2S/c23-18(13-3-4-15-16(10-13)22-25-21-15)20-17(12-5-8-24-9-6-12)14-2-1-7-19-11-14/h1-4,7,10-12,17H,5-6,8-9H2,(H,20,23)/t17-/m0/s1. The van der Waals surface area contributed by atoms with E-state index in [0.717, 1.165) is 54.4 Å². The van der Waals surface area contributed by atoms with E-state index in [-0.39, 0.29) is 11.9 Å². The first kappa shape index (κ1) is 16.1. The van der Waals surface area contributed by atoms with Crippen LogP contribution in [0.5, 0.6) is 0 Å². The Kier molecular flexibility index (Phi) is 4.67. The number of nitrogens with one attached hydrogen (secondary N) is 1. The molecule has 7 heteroatoms. The monoisotopic (exact) mass is 354 g/mol. The number of carbonyl (C=O) groups excluding carboxylic acids is 1. The average Bonchev–Trinajstić information content (AvgIpc) is 3.15. The highest BCUT2D eigenvalue weighted by Crippen LogP contribution is 2.30. The van der Waals surface area contributed by atoms with Crippen LogP contribution < -0.4 is 5.32 Å². The molecule has 0 unspecified atom stereocenters. The molecule has 0 saturated carbocycles. The fraction of sp³-hybridized carbons (Fsp3) is 0.333. The Morgan fingerprint density at radius 2 is 2.04 bits per heavy atom. The van der Waals surface area contributed by atoms with Gasteiger partial charge in [-0.2, -0.15) is 8.75 Å². The van der Waals surface area contributed by atoms with Crippen LogP contribution in [-0.4, -0.2) is 32.9 Å². The molecule has 4 rings (SSSR count). The van der Waals surface area contributed by atoms with Gasteiger partial charge in [0.1, 0.15) is 11.0 Å². The molecule has 0 bridgehead atoms. The maximum atomic E-state index is 12.8. The highest BCUT2D eigenvalue weighted by atomic mass is 32.1. The van der Waals surface area contributed by atoms with Crippen molar-refractivity contribution in [2.24, 2.45) is 5.92 Å². The first-order valence-corrected chi connectivity index (χ1v) is 9.05. The number of nitrogens with zero attached hydrogens (tertiary/aromatic N) is 3. The molecule has 6 nitrogen and oxygen atoms in total. The number of ether oxygens (including phenoxy) is 1. The third-order valence-corrected chi connectivity index (χ3v) is 5.14. The van der Waals surface area contributed by atoms with Gasteiger partial charge in [-0.25, -0.2) is 0 Å². The van der Waals surface area contributed by atoms with Crippen LogP contribution >= 0.6 is 11.7 Å². The van der Waals surface area contributed by atoms with Crippen molar-refractivity contribution in [3.63, 3.8) is 0 Å². The summed E-state index contributed by atoms with van der Waals surface area (Å²) in [5, 5.41) is 3.20. The summed E-state index contributed by atoms with van der Waals surface area (Å²) in [4.78, 5) is 17.0. The third kappa shape index (κ3) is 3.52. The second-order valence-corrected chi connectivity index (χ2v) is 6.68. The number of pyridine rings is 1. The number of aromatic nitrogens is 3. The molecular formula is C18H18N4O2S. The predicted octanol–water partition coefficient (Wildman–Crippen LogP) is 2.98. The van der Waals surface area contributed by atoms with Crippen molar-refractivity contribution in [3.05, 3.63) is 53.9 Å². The summed E-state index contributed by atoms with van der Waals surface area (Å²) in [6.45, 7) is 1.46. The second-order valence-electron chi connectivity index (χ2n) is 6.16. The Bertz CT molecular complexity index is 862. The molecule has 128 valence electrons. The lowest BCUT2D eigenvalue weighted by atomic mass is 9.87. The first-order valence-electron chi connectivity index (χ1n) is 8.32. The van der Waals surface area contributed by atoms with Crippen LogP contribution in [0.1, 0.15) is 34.8 Å². The minimum absolute atomic E-state index is 0.0747. The fourth-order valence-corrected chi connectivity index (χ4v) is 3.75. The molecule has 1 amide bonds. The van der Waals surface area contributed by atoms with Gasteiger partial charge >= 0.3 is 0 Å². The van der Waals surface area contributed by atoms with Crippen LogP contribution in [-0.2, 0) is 4.74 Å². The zero-order valence-corrected chi connectivity index (χ0v) is 14.4. The third-order valence-electron chi connectivity index (χ3n) is 4.58. The highest BCUT2D eigenvalue weighted by Gasteiger charge is 2.27. The summed E-state index contributed by atoms with van der Waals surface area (Å²) in [7, 11) is 0. The molecule has 2 aromatic heterocycles. The van der Waals surface area contributed by atoms with Gasteiger partial charge < -0.3 is 10.1 Å². The lowest BCUT2D eigenvalue weighted by molar-refractivity contribution is 0.0513. The molecule has 1 aromatic carbocycles. The average molecular weight is 354 g/mol. The molecule has 1 aliphatic heterocycles. The number of amides is 1. The second kappa shape index (κ2) is 7.25. The molecule has 1 atom stereocenters.